The van der Waals surface area contributed by atoms with E-state index in [2.05, 4.69) is 5.32 Å². The summed E-state index contributed by atoms with van der Waals surface area (Å²) in [7, 11) is 0. The fraction of sp³-hybridized carbons (Fsp3) is 0.381. The maximum Gasteiger partial charge on any atom is 0.327 e. The lowest BCUT2D eigenvalue weighted by Crippen LogP contribution is -2.80. The Kier molecular flexibility index (Phi) is 5.37. The second-order valence-corrected chi connectivity index (χ2v) is 10.6. The SMILES string of the molecule is CC1(C)S[C@H]2N(C(=O)[C@]2(NC(=O)Cc2cccs2)OCc2ccccc2)[C@H]1C(=O)O. The van der Waals surface area contributed by atoms with Gasteiger partial charge in [0, 0.05) is 9.62 Å². The van der Waals surface area contributed by atoms with E-state index in [9.17, 15) is 19.5 Å². The summed E-state index contributed by atoms with van der Waals surface area (Å²) in [6.45, 7) is 3.70. The van der Waals surface area contributed by atoms with E-state index < -0.39 is 33.8 Å². The number of amides is 2. The van der Waals surface area contributed by atoms with Crippen LogP contribution in [0.15, 0.2) is 47.8 Å². The van der Waals surface area contributed by atoms with Crippen LogP contribution in [-0.4, -0.2) is 49.7 Å². The first-order valence-electron chi connectivity index (χ1n) is 9.49. The van der Waals surface area contributed by atoms with Crippen LogP contribution in [0.2, 0.25) is 0 Å². The third-order valence-corrected chi connectivity index (χ3v) is 7.78. The minimum atomic E-state index is -1.59. The Labute approximate surface area is 182 Å². The minimum absolute atomic E-state index is 0.120. The van der Waals surface area contributed by atoms with Crippen molar-refractivity contribution in [3.8, 4) is 0 Å². The van der Waals surface area contributed by atoms with Gasteiger partial charge >= 0.3 is 5.97 Å². The number of aliphatic carboxylic acids is 1. The van der Waals surface area contributed by atoms with Gasteiger partial charge in [-0.05, 0) is 30.9 Å². The number of hydrogen-bond acceptors (Lipinski definition) is 6. The molecular formula is C21H22N2O5S2. The van der Waals surface area contributed by atoms with E-state index in [-0.39, 0.29) is 18.9 Å². The van der Waals surface area contributed by atoms with Crippen LogP contribution >= 0.6 is 23.1 Å². The van der Waals surface area contributed by atoms with E-state index in [1.54, 1.807) is 13.8 Å². The number of carboxylic acids is 1. The Bertz CT molecular complexity index is 963. The normalized spacial score (nSPS) is 26.7. The number of hydrogen-bond donors (Lipinski definition) is 2. The largest absolute Gasteiger partial charge is 0.480 e. The lowest BCUT2D eigenvalue weighted by atomic mass is 9.93. The maximum absolute atomic E-state index is 13.2. The van der Waals surface area contributed by atoms with E-state index in [1.165, 1.54) is 28.0 Å². The second kappa shape index (κ2) is 7.72. The molecule has 3 atom stereocenters. The van der Waals surface area contributed by atoms with E-state index in [1.807, 2.05) is 47.8 Å². The van der Waals surface area contributed by atoms with Crippen molar-refractivity contribution in [2.45, 2.75) is 48.8 Å². The predicted molar refractivity (Wildman–Crippen MR) is 114 cm³/mol. The van der Waals surface area contributed by atoms with Gasteiger partial charge in [0.15, 0.2) is 0 Å². The van der Waals surface area contributed by atoms with Crippen molar-refractivity contribution in [2.75, 3.05) is 0 Å². The molecular weight excluding hydrogens is 424 g/mol. The van der Waals surface area contributed by atoms with Crippen LogP contribution < -0.4 is 5.32 Å². The monoisotopic (exact) mass is 446 g/mol. The van der Waals surface area contributed by atoms with E-state index >= 15 is 0 Å². The van der Waals surface area contributed by atoms with Crippen molar-refractivity contribution < 1.29 is 24.2 Å². The Morgan fingerprint density at radius 1 is 1.20 bits per heavy atom. The maximum atomic E-state index is 13.2. The highest BCUT2D eigenvalue weighted by Gasteiger charge is 2.73. The first-order valence-corrected chi connectivity index (χ1v) is 11.3. The number of fused-ring (bicyclic) bond motifs is 1. The second-order valence-electron chi connectivity index (χ2n) is 7.84. The van der Waals surface area contributed by atoms with Gasteiger partial charge in [-0.3, -0.25) is 9.59 Å². The molecule has 0 bridgehead atoms. The van der Waals surface area contributed by atoms with Crippen LogP contribution in [0.4, 0.5) is 0 Å². The van der Waals surface area contributed by atoms with Gasteiger partial charge in [0.05, 0.1) is 13.0 Å². The van der Waals surface area contributed by atoms with Gasteiger partial charge < -0.3 is 20.1 Å². The van der Waals surface area contributed by atoms with E-state index in [0.717, 1.165) is 10.4 Å². The number of carboxylic acid groups (broad SMARTS) is 1. The van der Waals surface area contributed by atoms with Crippen LogP contribution in [0, 0.1) is 0 Å². The highest BCUT2D eigenvalue weighted by atomic mass is 32.2. The van der Waals surface area contributed by atoms with Crippen LogP contribution in [0.3, 0.4) is 0 Å². The highest BCUT2D eigenvalue weighted by Crippen LogP contribution is 2.55. The topological polar surface area (TPSA) is 95.9 Å². The summed E-state index contributed by atoms with van der Waals surface area (Å²) in [6.07, 6.45) is 0.129. The minimum Gasteiger partial charge on any atom is -0.480 e. The average Bonchev–Trinajstić information content (AvgIpc) is 3.29. The number of rotatable bonds is 7. The van der Waals surface area contributed by atoms with Crippen molar-refractivity contribution in [2.24, 2.45) is 0 Å². The molecule has 2 N–H and O–H groups in total. The first-order chi connectivity index (χ1) is 14.2. The van der Waals surface area contributed by atoms with Gasteiger partial charge in [0.25, 0.3) is 11.6 Å². The van der Waals surface area contributed by atoms with Crippen LogP contribution in [-0.2, 0) is 32.1 Å². The molecule has 2 amide bonds. The molecule has 0 unspecified atom stereocenters. The molecule has 4 rings (SSSR count). The molecule has 2 aliphatic heterocycles. The molecule has 1 aromatic heterocycles. The number of thiophene rings is 1. The van der Waals surface area contributed by atoms with Crippen molar-refractivity contribution in [1.29, 1.82) is 0 Å². The number of β-lactam (4-membered cyclic amide) rings is 1. The number of ether oxygens (including phenoxy) is 1. The fourth-order valence-electron chi connectivity index (χ4n) is 3.91. The smallest absolute Gasteiger partial charge is 0.327 e. The lowest BCUT2D eigenvalue weighted by Gasteiger charge is -2.52. The summed E-state index contributed by atoms with van der Waals surface area (Å²) < 4.78 is 5.34. The molecule has 9 heteroatoms. The van der Waals surface area contributed by atoms with Crippen molar-refractivity contribution in [1.82, 2.24) is 10.2 Å². The van der Waals surface area contributed by atoms with Gasteiger partial charge in [-0.1, -0.05) is 36.4 Å². The molecule has 30 heavy (non-hydrogen) atoms. The molecule has 158 valence electrons. The van der Waals surface area contributed by atoms with Crippen molar-refractivity contribution in [3.63, 3.8) is 0 Å². The fourth-order valence-corrected chi connectivity index (χ4v) is 6.25. The van der Waals surface area contributed by atoms with Crippen LogP contribution in [0.5, 0.6) is 0 Å². The number of thioether (sulfide) groups is 1. The number of nitrogens with zero attached hydrogens (tertiary/aromatic N) is 1. The molecule has 2 saturated heterocycles. The summed E-state index contributed by atoms with van der Waals surface area (Å²) >= 11 is 2.79. The Morgan fingerprint density at radius 3 is 2.57 bits per heavy atom. The van der Waals surface area contributed by atoms with Crippen molar-refractivity contribution in [3.05, 3.63) is 58.3 Å². The molecule has 0 radical (unpaired) electrons. The highest BCUT2D eigenvalue weighted by molar-refractivity contribution is 8.01. The molecule has 0 saturated carbocycles. The molecule has 3 heterocycles. The molecule has 0 aliphatic carbocycles. The molecule has 2 aromatic rings. The Hall–Kier alpha value is -2.36. The summed E-state index contributed by atoms with van der Waals surface area (Å²) in [6, 6.07) is 12.1. The zero-order valence-corrected chi connectivity index (χ0v) is 18.2. The third kappa shape index (κ3) is 3.51. The predicted octanol–water partition coefficient (Wildman–Crippen LogP) is 2.47. The average molecular weight is 447 g/mol. The summed E-state index contributed by atoms with van der Waals surface area (Å²) in [4.78, 5) is 40.0. The number of carbonyl (C=O) groups excluding carboxylic acids is 2. The standard InChI is InChI=1S/C21H22N2O5S2/c1-20(2)16(17(25)26)23-18(27)21(19(23)30-20,28-12-13-7-4-3-5-8-13)22-15(24)11-14-9-6-10-29-14/h3-10,16,19H,11-12H2,1-2H3,(H,22,24)(H,25,26)/t16-,19+,21-/m0/s1. The van der Waals surface area contributed by atoms with Crippen molar-refractivity contribution >= 4 is 40.9 Å². The number of carbonyl (C=O) groups is 3. The third-order valence-electron chi connectivity index (χ3n) is 5.29. The summed E-state index contributed by atoms with van der Waals surface area (Å²) in [5.41, 5.74) is -0.733. The Balaban J connectivity index is 1.60. The number of benzene rings is 1. The summed E-state index contributed by atoms with van der Waals surface area (Å²) in [5.74, 6) is -1.92. The van der Waals surface area contributed by atoms with Gasteiger partial charge in [-0.25, -0.2) is 4.79 Å². The van der Waals surface area contributed by atoms with Crippen LogP contribution in [0.1, 0.15) is 24.3 Å². The van der Waals surface area contributed by atoms with E-state index in [4.69, 9.17) is 4.74 Å². The first kappa shape index (κ1) is 20.9. The van der Waals surface area contributed by atoms with E-state index in [0.29, 0.717) is 0 Å². The van der Waals surface area contributed by atoms with Gasteiger partial charge in [0.1, 0.15) is 11.4 Å². The van der Waals surface area contributed by atoms with Gasteiger partial charge in [0.2, 0.25) is 5.91 Å². The molecule has 2 fully saturated rings. The molecule has 0 spiro atoms. The van der Waals surface area contributed by atoms with Gasteiger partial charge in [-0.2, -0.15) is 0 Å². The lowest BCUT2D eigenvalue weighted by molar-refractivity contribution is -0.209. The Morgan fingerprint density at radius 2 is 1.93 bits per heavy atom. The molecule has 2 aliphatic rings. The zero-order chi connectivity index (χ0) is 21.5. The summed E-state index contributed by atoms with van der Waals surface area (Å²) in [5, 5.41) is 13.8. The quantitative estimate of drug-likeness (QED) is 0.501. The van der Waals surface area contributed by atoms with Gasteiger partial charge in [-0.15, -0.1) is 23.1 Å². The van der Waals surface area contributed by atoms with Crippen LogP contribution in [0.25, 0.3) is 0 Å². The molecule has 7 nitrogen and oxygen atoms in total. The number of nitrogens with one attached hydrogen (secondary N) is 1. The zero-order valence-electron chi connectivity index (χ0n) is 16.5. The molecule has 1 aromatic carbocycles.